The summed E-state index contributed by atoms with van der Waals surface area (Å²) in [5.74, 6) is 0.547. The second-order valence-electron chi connectivity index (χ2n) is 4.76. The average Bonchev–Trinajstić information content (AvgIpc) is 2.99. The highest BCUT2D eigenvalue weighted by molar-refractivity contribution is 5.87. The summed E-state index contributed by atoms with van der Waals surface area (Å²) >= 11 is 0. The van der Waals surface area contributed by atoms with Crippen LogP contribution < -0.4 is 5.32 Å². The zero-order valence-electron chi connectivity index (χ0n) is 10.1. The molecule has 0 unspecified atom stereocenters. The Morgan fingerprint density at radius 2 is 2.13 bits per heavy atom. The lowest BCUT2D eigenvalue weighted by atomic mass is 9.99. The van der Waals surface area contributed by atoms with Gasteiger partial charge in [-0.1, -0.05) is 6.08 Å². The molecule has 0 amide bonds. The third kappa shape index (κ3) is 3.67. The van der Waals surface area contributed by atoms with E-state index < -0.39 is 0 Å². The molecule has 0 aliphatic heterocycles. The number of hydrogen-bond acceptors (Lipinski definition) is 3. The first-order valence-corrected chi connectivity index (χ1v) is 5.47. The molecule has 0 aromatic heterocycles. The molecule has 0 aromatic rings. The smallest absolute Gasteiger partial charge is 0.333 e. The molecule has 1 aliphatic rings. The monoisotopic (exact) mass is 211 g/mol. The Balaban J connectivity index is 2.33. The first-order valence-electron chi connectivity index (χ1n) is 5.47. The molecule has 1 fully saturated rings. The van der Waals surface area contributed by atoms with Crippen LogP contribution in [0.3, 0.4) is 0 Å². The normalized spacial score (nSPS) is 17.7. The molecule has 3 nitrogen and oxygen atoms in total. The van der Waals surface area contributed by atoms with Gasteiger partial charge in [-0.25, -0.2) is 4.79 Å². The van der Waals surface area contributed by atoms with Crippen molar-refractivity contribution in [3.8, 4) is 0 Å². The molecule has 3 heteroatoms. The van der Waals surface area contributed by atoms with Gasteiger partial charge in [0.2, 0.25) is 0 Å². The van der Waals surface area contributed by atoms with Gasteiger partial charge in [0.1, 0.15) is 0 Å². The first-order chi connectivity index (χ1) is 6.97. The van der Waals surface area contributed by atoms with Crippen molar-refractivity contribution in [2.24, 2.45) is 5.92 Å². The van der Waals surface area contributed by atoms with E-state index in [4.69, 9.17) is 0 Å². The maximum atomic E-state index is 11.1. The van der Waals surface area contributed by atoms with Gasteiger partial charge in [-0.15, -0.1) is 0 Å². The number of esters is 1. The predicted molar refractivity (Wildman–Crippen MR) is 60.6 cm³/mol. The summed E-state index contributed by atoms with van der Waals surface area (Å²) in [5.41, 5.74) is 0.851. The molecular weight excluding hydrogens is 190 g/mol. The lowest BCUT2D eigenvalue weighted by molar-refractivity contribution is -0.136. The molecule has 15 heavy (non-hydrogen) atoms. The average molecular weight is 211 g/mol. The zero-order chi connectivity index (χ0) is 11.5. The zero-order valence-corrected chi connectivity index (χ0v) is 10.1. The van der Waals surface area contributed by atoms with Crippen LogP contribution in [0.2, 0.25) is 0 Å². The molecule has 0 heterocycles. The van der Waals surface area contributed by atoms with Crippen LogP contribution in [0.15, 0.2) is 11.6 Å². The Hall–Kier alpha value is -0.830. The van der Waals surface area contributed by atoms with Gasteiger partial charge in [-0.2, -0.15) is 0 Å². The molecule has 1 rings (SSSR count). The first kappa shape index (κ1) is 12.2. The van der Waals surface area contributed by atoms with Gasteiger partial charge in [0.05, 0.1) is 7.11 Å². The van der Waals surface area contributed by atoms with Crippen molar-refractivity contribution in [2.45, 2.75) is 39.2 Å². The van der Waals surface area contributed by atoms with Crippen molar-refractivity contribution in [1.82, 2.24) is 5.32 Å². The molecule has 1 aliphatic carbocycles. The fourth-order valence-electron chi connectivity index (χ4n) is 1.66. The fourth-order valence-corrected chi connectivity index (χ4v) is 1.66. The summed E-state index contributed by atoms with van der Waals surface area (Å²) in [4.78, 5) is 11.1. The van der Waals surface area contributed by atoms with E-state index in [0.717, 1.165) is 12.5 Å². The molecule has 0 aromatic carbocycles. The van der Waals surface area contributed by atoms with Crippen LogP contribution in [0.5, 0.6) is 0 Å². The summed E-state index contributed by atoms with van der Waals surface area (Å²) < 4.78 is 4.62. The fraction of sp³-hybridized carbons (Fsp3) is 0.750. The largest absolute Gasteiger partial charge is 0.466 e. The standard InChI is InChI=1S/C12H21NO2/c1-9(11(14)15-4)7-8-13-12(2,3)10-5-6-10/h7,10,13H,5-6,8H2,1-4H3. The summed E-state index contributed by atoms with van der Waals surface area (Å²) in [6.45, 7) is 6.93. The maximum absolute atomic E-state index is 11.1. The van der Waals surface area contributed by atoms with Crippen molar-refractivity contribution >= 4 is 5.97 Å². The van der Waals surface area contributed by atoms with Gasteiger partial charge in [-0.3, -0.25) is 0 Å². The molecule has 1 N–H and O–H groups in total. The topological polar surface area (TPSA) is 38.3 Å². The van der Waals surface area contributed by atoms with Crippen LogP contribution in [0, 0.1) is 5.92 Å². The number of methoxy groups -OCH3 is 1. The van der Waals surface area contributed by atoms with E-state index >= 15 is 0 Å². The second-order valence-corrected chi connectivity index (χ2v) is 4.76. The Kier molecular flexibility index (Phi) is 3.91. The van der Waals surface area contributed by atoms with E-state index in [1.165, 1.54) is 20.0 Å². The number of carbonyl (C=O) groups is 1. The number of carbonyl (C=O) groups excluding carboxylic acids is 1. The van der Waals surface area contributed by atoms with Crippen molar-refractivity contribution in [2.75, 3.05) is 13.7 Å². The van der Waals surface area contributed by atoms with Crippen LogP contribution in [-0.4, -0.2) is 25.2 Å². The minimum Gasteiger partial charge on any atom is -0.466 e. The predicted octanol–water partition coefficient (Wildman–Crippen LogP) is 1.88. The van der Waals surface area contributed by atoms with Gasteiger partial charge in [0.25, 0.3) is 0 Å². The van der Waals surface area contributed by atoms with Gasteiger partial charge >= 0.3 is 5.97 Å². The molecule has 0 saturated heterocycles. The van der Waals surface area contributed by atoms with E-state index in [1.54, 1.807) is 6.92 Å². The van der Waals surface area contributed by atoms with E-state index in [2.05, 4.69) is 23.9 Å². The Morgan fingerprint density at radius 3 is 2.60 bits per heavy atom. The highest BCUT2D eigenvalue weighted by Crippen LogP contribution is 2.38. The van der Waals surface area contributed by atoms with Gasteiger partial charge in [0.15, 0.2) is 0 Å². The molecule has 0 atom stereocenters. The SMILES string of the molecule is COC(=O)C(C)=CCNC(C)(C)C1CC1. The van der Waals surface area contributed by atoms with Crippen LogP contribution >= 0.6 is 0 Å². The van der Waals surface area contributed by atoms with E-state index in [1.807, 2.05) is 6.08 Å². The minimum atomic E-state index is -0.249. The van der Waals surface area contributed by atoms with Crippen LogP contribution in [-0.2, 0) is 9.53 Å². The van der Waals surface area contributed by atoms with Gasteiger partial charge in [-0.05, 0) is 39.5 Å². The lowest BCUT2D eigenvalue weighted by Gasteiger charge is -2.25. The van der Waals surface area contributed by atoms with E-state index in [-0.39, 0.29) is 11.5 Å². The van der Waals surface area contributed by atoms with Crippen molar-refractivity contribution < 1.29 is 9.53 Å². The molecule has 0 spiro atoms. The van der Waals surface area contributed by atoms with Crippen molar-refractivity contribution in [3.63, 3.8) is 0 Å². The minimum absolute atomic E-state index is 0.187. The van der Waals surface area contributed by atoms with E-state index in [9.17, 15) is 4.79 Å². The number of rotatable bonds is 5. The molecule has 0 bridgehead atoms. The number of ether oxygens (including phenoxy) is 1. The van der Waals surface area contributed by atoms with Crippen LogP contribution in [0.4, 0.5) is 0 Å². The summed E-state index contributed by atoms with van der Waals surface area (Å²) in [7, 11) is 1.40. The Labute approximate surface area is 91.9 Å². The highest BCUT2D eigenvalue weighted by atomic mass is 16.5. The third-order valence-corrected chi connectivity index (χ3v) is 3.07. The highest BCUT2D eigenvalue weighted by Gasteiger charge is 2.36. The number of hydrogen-bond donors (Lipinski definition) is 1. The van der Waals surface area contributed by atoms with Gasteiger partial charge in [0, 0.05) is 17.7 Å². The summed E-state index contributed by atoms with van der Waals surface area (Å²) in [6.07, 6.45) is 4.52. The van der Waals surface area contributed by atoms with Crippen molar-refractivity contribution in [1.29, 1.82) is 0 Å². The van der Waals surface area contributed by atoms with Gasteiger partial charge < -0.3 is 10.1 Å². The van der Waals surface area contributed by atoms with E-state index in [0.29, 0.717) is 5.57 Å². The summed E-state index contributed by atoms with van der Waals surface area (Å²) in [6, 6.07) is 0. The molecule has 86 valence electrons. The second kappa shape index (κ2) is 4.79. The Morgan fingerprint density at radius 1 is 1.53 bits per heavy atom. The molecular formula is C12H21NO2. The molecule has 0 radical (unpaired) electrons. The molecule has 1 saturated carbocycles. The lowest BCUT2D eigenvalue weighted by Crippen LogP contribution is -2.41. The number of nitrogens with one attached hydrogen (secondary N) is 1. The quantitative estimate of drug-likeness (QED) is 0.557. The van der Waals surface area contributed by atoms with Crippen LogP contribution in [0.25, 0.3) is 0 Å². The Bertz CT molecular complexity index is 265. The maximum Gasteiger partial charge on any atom is 0.333 e. The summed E-state index contributed by atoms with van der Waals surface area (Å²) in [5, 5.41) is 3.45. The van der Waals surface area contributed by atoms with Crippen LogP contribution in [0.1, 0.15) is 33.6 Å². The third-order valence-electron chi connectivity index (χ3n) is 3.07. The van der Waals surface area contributed by atoms with Crippen molar-refractivity contribution in [3.05, 3.63) is 11.6 Å².